The summed E-state index contributed by atoms with van der Waals surface area (Å²) in [7, 11) is 0. The van der Waals surface area contributed by atoms with E-state index in [4.69, 9.17) is 15.0 Å². The molecule has 3 heterocycles. The molecular formula is C51H31N3S. The van der Waals surface area contributed by atoms with E-state index in [0.717, 1.165) is 55.1 Å². The van der Waals surface area contributed by atoms with Crippen LogP contribution in [0.5, 0.6) is 0 Å². The first-order valence-electron chi connectivity index (χ1n) is 18.5. The first-order valence-corrected chi connectivity index (χ1v) is 19.3. The molecule has 4 heteroatoms. The molecule has 0 radical (unpaired) electrons. The Kier molecular flexibility index (Phi) is 7.35. The van der Waals surface area contributed by atoms with Crippen molar-refractivity contribution in [3.8, 4) is 56.3 Å². The fraction of sp³-hybridized carbons (Fsp3) is 0. The van der Waals surface area contributed by atoms with Crippen LogP contribution in [0.25, 0.3) is 109 Å². The van der Waals surface area contributed by atoms with Crippen LogP contribution in [0, 0.1) is 0 Å². The Hall–Kier alpha value is -7.01. The van der Waals surface area contributed by atoms with Gasteiger partial charge in [0.25, 0.3) is 0 Å². The van der Waals surface area contributed by atoms with Crippen molar-refractivity contribution >= 4 is 64.0 Å². The first-order chi connectivity index (χ1) is 27.2. The quantitative estimate of drug-likeness (QED) is 0.166. The molecule has 0 bridgehead atoms. The van der Waals surface area contributed by atoms with Gasteiger partial charge in [-0.05, 0) is 56.3 Å². The van der Waals surface area contributed by atoms with Crippen molar-refractivity contribution in [3.05, 3.63) is 188 Å². The van der Waals surface area contributed by atoms with Crippen LogP contribution >= 0.6 is 11.3 Å². The summed E-state index contributed by atoms with van der Waals surface area (Å²) in [6.07, 6.45) is 0. The molecule has 0 aliphatic carbocycles. The minimum Gasteiger partial charge on any atom is -0.236 e. The van der Waals surface area contributed by atoms with Gasteiger partial charge in [-0.3, -0.25) is 0 Å². The van der Waals surface area contributed by atoms with Gasteiger partial charge in [-0.2, -0.15) is 0 Å². The number of aromatic nitrogens is 3. The number of hydrogen-bond donors (Lipinski definition) is 0. The Labute approximate surface area is 321 Å². The van der Waals surface area contributed by atoms with Crippen LogP contribution in [0.2, 0.25) is 0 Å². The molecule has 3 nitrogen and oxygen atoms in total. The van der Waals surface area contributed by atoms with Crippen molar-refractivity contribution < 1.29 is 0 Å². The monoisotopic (exact) mass is 717 g/mol. The largest absolute Gasteiger partial charge is 0.236 e. The molecule has 3 aromatic heterocycles. The van der Waals surface area contributed by atoms with Gasteiger partial charge in [-0.25, -0.2) is 15.0 Å². The van der Waals surface area contributed by atoms with Crippen molar-refractivity contribution in [2.45, 2.75) is 0 Å². The van der Waals surface area contributed by atoms with Crippen LogP contribution in [-0.4, -0.2) is 15.0 Å². The molecule has 11 aromatic rings. The number of pyridine rings is 1. The lowest BCUT2D eigenvalue weighted by Crippen LogP contribution is -1.96. The number of nitrogens with zero attached hydrogens (tertiary/aromatic N) is 3. The van der Waals surface area contributed by atoms with Crippen molar-refractivity contribution in [2.75, 3.05) is 0 Å². The number of thiophene rings is 1. The fourth-order valence-corrected chi connectivity index (χ4v) is 9.04. The van der Waals surface area contributed by atoms with E-state index in [1.165, 1.54) is 48.0 Å². The van der Waals surface area contributed by atoms with E-state index in [2.05, 4.69) is 182 Å². The summed E-state index contributed by atoms with van der Waals surface area (Å²) < 4.78 is 1.26. The first kappa shape index (κ1) is 31.5. The molecule has 0 spiro atoms. The summed E-state index contributed by atoms with van der Waals surface area (Å²) in [4.78, 5) is 16.6. The van der Waals surface area contributed by atoms with Crippen molar-refractivity contribution in [1.29, 1.82) is 0 Å². The molecule has 0 amide bonds. The number of benzene rings is 8. The Bertz CT molecular complexity index is 3240. The lowest BCUT2D eigenvalue weighted by Gasteiger charge is -2.12. The molecular weight excluding hydrogens is 687 g/mol. The minimum atomic E-state index is 0.694. The predicted octanol–water partition coefficient (Wildman–Crippen LogP) is 14.0. The van der Waals surface area contributed by atoms with Gasteiger partial charge < -0.3 is 0 Å². The summed E-state index contributed by atoms with van der Waals surface area (Å²) >= 11 is 1.76. The van der Waals surface area contributed by atoms with E-state index < -0.39 is 0 Å². The molecule has 0 atom stereocenters. The Balaban J connectivity index is 0.972. The van der Waals surface area contributed by atoms with E-state index in [9.17, 15) is 0 Å². The van der Waals surface area contributed by atoms with Crippen LogP contribution in [0.15, 0.2) is 188 Å². The van der Waals surface area contributed by atoms with Crippen LogP contribution < -0.4 is 0 Å². The molecule has 0 aliphatic rings. The normalized spacial score (nSPS) is 11.6. The lowest BCUT2D eigenvalue weighted by molar-refractivity contribution is 1.18. The standard InChI is InChI=1S/C51H31N3S/c1-2-11-34(12-3-1)45-31-46(35-21-23-36(24-22-35)49-43-15-7-6-14-42(43)48-44-16-8-9-17-47(44)55-51(48)54-49)53-50(52-45)37-25-18-32(19-26-37)38-28-29-41-39(30-38)27-20-33-10-4-5-13-40(33)41/h1-31H. The summed E-state index contributed by atoms with van der Waals surface area (Å²) in [5.74, 6) is 0.694. The Morgan fingerprint density at radius 1 is 0.327 bits per heavy atom. The molecule has 0 aliphatic heterocycles. The SMILES string of the molecule is c1ccc(-c2cc(-c3ccc(-c4nc5sc6ccccc6c5c5ccccc45)cc3)nc(-c3ccc(-c4ccc5c(ccc6ccccc65)c4)cc3)n2)cc1. The topological polar surface area (TPSA) is 38.7 Å². The molecule has 0 unspecified atom stereocenters. The van der Waals surface area contributed by atoms with Gasteiger partial charge in [0.15, 0.2) is 5.82 Å². The molecule has 0 saturated carbocycles. The maximum Gasteiger partial charge on any atom is 0.160 e. The molecule has 0 saturated heterocycles. The van der Waals surface area contributed by atoms with E-state index >= 15 is 0 Å². The third-order valence-electron chi connectivity index (χ3n) is 10.7. The molecule has 256 valence electrons. The zero-order valence-electron chi connectivity index (χ0n) is 29.6. The molecule has 0 fully saturated rings. The van der Waals surface area contributed by atoms with Gasteiger partial charge >= 0.3 is 0 Å². The van der Waals surface area contributed by atoms with Crippen LogP contribution in [0.4, 0.5) is 0 Å². The Morgan fingerprint density at radius 2 is 0.891 bits per heavy atom. The number of fused-ring (bicyclic) bond motifs is 8. The minimum absolute atomic E-state index is 0.694. The summed E-state index contributed by atoms with van der Waals surface area (Å²) in [6, 6.07) is 66.7. The fourth-order valence-electron chi connectivity index (χ4n) is 7.95. The number of hydrogen-bond acceptors (Lipinski definition) is 4. The van der Waals surface area contributed by atoms with Crippen molar-refractivity contribution in [3.63, 3.8) is 0 Å². The highest BCUT2D eigenvalue weighted by molar-refractivity contribution is 7.25. The van der Waals surface area contributed by atoms with Gasteiger partial charge in [0.05, 0.1) is 17.1 Å². The highest BCUT2D eigenvalue weighted by Gasteiger charge is 2.16. The smallest absolute Gasteiger partial charge is 0.160 e. The molecule has 11 rings (SSSR count). The van der Waals surface area contributed by atoms with E-state index in [1.807, 2.05) is 6.07 Å². The maximum absolute atomic E-state index is 5.27. The van der Waals surface area contributed by atoms with E-state index in [-0.39, 0.29) is 0 Å². The van der Waals surface area contributed by atoms with Crippen molar-refractivity contribution in [1.82, 2.24) is 15.0 Å². The van der Waals surface area contributed by atoms with Gasteiger partial charge in [-0.1, -0.05) is 170 Å². The predicted molar refractivity (Wildman–Crippen MR) is 232 cm³/mol. The van der Waals surface area contributed by atoms with E-state index in [1.54, 1.807) is 11.3 Å². The second-order valence-corrected chi connectivity index (χ2v) is 15.0. The zero-order chi connectivity index (χ0) is 36.3. The highest BCUT2D eigenvalue weighted by atomic mass is 32.1. The van der Waals surface area contributed by atoms with Crippen LogP contribution in [0.1, 0.15) is 0 Å². The second kappa shape index (κ2) is 12.8. The summed E-state index contributed by atoms with van der Waals surface area (Å²) in [5.41, 5.74) is 9.22. The van der Waals surface area contributed by atoms with Gasteiger partial charge in [0.1, 0.15) is 4.83 Å². The zero-order valence-corrected chi connectivity index (χ0v) is 30.5. The van der Waals surface area contributed by atoms with Crippen molar-refractivity contribution in [2.24, 2.45) is 0 Å². The Morgan fingerprint density at radius 3 is 1.69 bits per heavy atom. The van der Waals surface area contributed by atoms with Gasteiger partial charge in [-0.15, -0.1) is 11.3 Å². The average Bonchev–Trinajstić information content (AvgIpc) is 3.65. The molecule has 8 aromatic carbocycles. The second-order valence-electron chi connectivity index (χ2n) is 14.0. The third-order valence-corrected chi connectivity index (χ3v) is 11.8. The van der Waals surface area contributed by atoms with Crippen LogP contribution in [-0.2, 0) is 0 Å². The summed E-state index contributed by atoms with van der Waals surface area (Å²) in [5, 5.41) is 9.93. The van der Waals surface area contributed by atoms with Crippen LogP contribution in [0.3, 0.4) is 0 Å². The molecule has 0 N–H and O–H groups in total. The average molecular weight is 718 g/mol. The third kappa shape index (κ3) is 5.46. The maximum atomic E-state index is 5.27. The van der Waals surface area contributed by atoms with Gasteiger partial charge in [0, 0.05) is 43.1 Å². The van der Waals surface area contributed by atoms with E-state index in [0.29, 0.717) is 5.82 Å². The number of rotatable bonds is 5. The molecule has 55 heavy (non-hydrogen) atoms. The lowest BCUT2D eigenvalue weighted by atomic mass is 9.97. The highest BCUT2D eigenvalue weighted by Crippen LogP contribution is 2.41. The van der Waals surface area contributed by atoms with Gasteiger partial charge in [0.2, 0.25) is 0 Å². The summed E-state index contributed by atoms with van der Waals surface area (Å²) in [6.45, 7) is 0.